The molecule has 0 radical (unpaired) electrons. The predicted octanol–water partition coefficient (Wildman–Crippen LogP) is 4.84. The summed E-state index contributed by atoms with van der Waals surface area (Å²) in [6, 6.07) is 22.1. The van der Waals surface area contributed by atoms with Crippen LogP contribution in [0, 0.1) is 0 Å². The first-order valence-electron chi connectivity index (χ1n) is 8.92. The van der Waals surface area contributed by atoms with Crippen molar-refractivity contribution in [3.05, 3.63) is 95.1 Å². The Kier molecular flexibility index (Phi) is 6.10. The number of phenols is 1. The zero-order chi connectivity index (χ0) is 19.1. The highest BCUT2D eigenvalue weighted by Crippen LogP contribution is 2.26. The summed E-state index contributed by atoms with van der Waals surface area (Å²) in [5, 5.41) is 18.7. The van der Waals surface area contributed by atoms with Crippen molar-refractivity contribution in [3.8, 4) is 11.5 Å². The van der Waals surface area contributed by atoms with Crippen molar-refractivity contribution in [1.82, 2.24) is 0 Å². The molecular weight excluding hydrogens is 340 g/mol. The van der Waals surface area contributed by atoms with Crippen molar-refractivity contribution in [2.75, 3.05) is 0 Å². The van der Waals surface area contributed by atoms with Crippen LogP contribution in [0.25, 0.3) is 0 Å². The van der Waals surface area contributed by atoms with Crippen LogP contribution < -0.4 is 4.74 Å². The zero-order valence-corrected chi connectivity index (χ0v) is 15.0. The van der Waals surface area contributed by atoms with E-state index in [4.69, 9.17) is 9.84 Å². The highest BCUT2D eigenvalue weighted by Gasteiger charge is 2.07. The molecule has 0 aliphatic heterocycles. The molecule has 3 rings (SSSR count). The van der Waals surface area contributed by atoms with Gasteiger partial charge in [0.15, 0.2) is 0 Å². The van der Waals surface area contributed by atoms with Gasteiger partial charge in [-0.25, -0.2) is 4.79 Å². The Labute approximate surface area is 158 Å². The minimum atomic E-state index is -0.911. The normalized spacial score (nSPS) is 10.5. The van der Waals surface area contributed by atoms with Gasteiger partial charge >= 0.3 is 5.97 Å². The monoisotopic (exact) mass is 362 g/mol. The van der Waals surface area contributed by atoms with Crippen LogP contribution in [-0.2, 0) is 19.4 Å². The summed E-state index contributed by atoms with van der Waals surface area (Å²) >= 11 is 0. The summed E-state index contributed by atoms with van der Waals surface area (Å²) in [4.78, 5) is 10.9. The summed E-state index contributed by atoms with van der Waals surface area (Å²) < 4.78 is 5.92. The molecule has 0 fully saturated rings. The van der Waals surface area contributed by atoms with Gasteiger partial charge in [-0.05, 0) is 54.2 Å². The number of aromatic hydroxyl groups is 1. The maximum atomic E-state index is 10.9. The van der Waals surface area contributed by atoms with Crippen molar-refractivity contribution >= 4 is 5.97 Å². The number of hydrogen-bond donors (Lipinski definition) is 2. The van der Waals surface area contributed by atoms with Gasteiger partial charge in [-0.3, -0.25) is 0 Å². The molecule has 0 amide bonds. The smallest absolute Gasteiger partial charge is 0.335 e. The van der Waals surface area contributed by atoms with Crippen molar-refractivity contribution < 1.29 is 19.7 Å². The van der Waals surface area contributed by atoms with E-state index < -0.39 is 5.97 Å². The summed E-state index contributed by atoms with van der Waals surface area (Å²) in [5.74, 6) is -0.0306. The van der Waals surface area contributed by atoms with E-state index in [2.05, 4.69) is 0 Å². The van der Waals surface area contributed by atoms with E-state index in [9.17, 15) is 9.90 Å². The van der Waals surface area contributed by atoms with E-state index in [1.807, 2.05) is 48.5 Å². The van der Waals surface area contributed by atoms with Crippen LogP contribution >= 0.6 is 0 Å². The Morgan fingerprint density at radius 2 is 1.59 bits per heavy atom. The maximum absolute atomic E-state index is 10.9. The van der Waals surface area contributed by atoms with E-state index in [1.165, 1.54) is 0 Å². The predicted molar refractivity (Wildman–Crippen MR) is 104 cm³/mol. The standard InChI is InChI=1S/C23H22O4/c24-21-14-13-19(22(15-21)27-16-18-5-2-1-3-6-18)8-4-7-17-9-11-20(12-10-17)23(25)26/h1-3,5-6,9-15,24H,4,7-8,16H2,(H,25,26). The quantitative estimate of drug-likeness (QED) is 0.601. The second-order valence-electron chi connectivity index (χ2n) is 6.42. The molecule has 0 aliphatic carbocycles. The van der Waals surface area contributed by atoms with Crippen molar-refractivity contribution in [3.63, 3.8) is 0 Å². The molecule has 0 unspecified atom stereocenters. The van der Waals surface area contributed by atoms with Gasteiger partial charge in [-0.2, -0.15) is 0 Å². The third-order valence-electron chi connectivity index (χ3n) is 4.40. The Morgan fingerprint density at radius 1 is 0.852 bits per heavy atom. The molecule has 27 heavy (non-hydrogen) atoms. The Hall–Kier alpha value is -3.27. The zero-order valence-electron chi connectivity index (χ0n) is 15.0. The van der Waals surface area contributed by atoms with Crippen LogP contribution in [0.4, 0.5) is 0 Å². The lowest BCUT2D eigenvalue weighted by atomic mass is 10.0. The molecule has 0 saturated heterocycles. The first-order valence-corrected chi connectivity index (χ1v) is 8.92. The first kappa shape index (κ1) is 18.5. The van der Waals surface area contributed by atoms with Crippen LogP contribution in [0.3, 0.4) is 0 Å². The highest BCUT2D eigenvalue weighted by molar-refractivity contribution is 5.87. The van der Waals surface area contributed by atoms with Crippen LogP contribution in [0.15, 0.2) is 72.8 Å². The number of carbonyl (C=O) groups is 1. The van der Waals surface area contributed by atoms with Gasteiger partial charge in [-0.15, -0.1) is 0 Å². The highest BCUT2D eigenvalue weighted by atomic mass is 16.5. The molecule has 2 N–H and O–H groups in total. The summed E-state index contributed by atoms with van der Waals surface area (Å²) in [6.45, 7) is 0.452. The fraction of sp³-hybridized carbons (Fsp3) is 0.174. The molecule has 0 bridgehead atoms. The average molecular weight is 362 g/mol. The number of ether oxygens (including phenoxy) is 1. The van der Waals surface area contributed by atoms with Gasteiger partial charge in [0.2, 0.25) is 0 Å². The molecule has 3 aromatic carbocycles. The second-order valence-corrected chi connectivity index (χ2v) is 6.42. The van der Waals surface area contributed by atoms with E-state index in [1.54, 1.807) is 24.3 Å². The van der Waals surface area contributed by atoms with Crippen LogP contribution in [0.1, 0.15) is 33.5 Å². The number of carboxylic acid groups (broad SMARTS) is 1. The topological polar surface area (TPSA) is 66.8 Å². The fourth-order valence-electron chi connectivity index (χ4n) is 2.92. The van der Waals surface area contributed by atoms with Crippen LogP contribution in [0.5, 0.6) is 11.5 Å². The number of aromatic carboxylic acids is 1. The first-order chi connectivity index (χ1) is 13.1. The summed E-state index contributed by atoms with van der Waals surface area (Å²) in [5.41, 5.74) is 3.52. The van der Waals surface area contributed by atoms with Crippen molar-refractivity contribution in [2.24, 2.45) is 0 Å². The van der Waals surface area contributed by atoms with Gasteiger partial charge in [-0.1, -0.05) is 48.5 Å². The Bertz CT molecular complexity index is 886. The molecule has 0 atom stereocenters. The SMILES string of the molecule is O=C(O)c1ccc(CCCc2ccc(O)cc2OCc2ccccc2)cc1. The number of hydrogen-bond acceptors (Lipinski definition) is 3. The summed E-state index contributed by atoms with van der Waals surface area (Å²) in [6.07, 6.45) is 2.56. The number of benzene rings is 3. The number of aryl methyl sites for hydroxylation is 2. The lowest BCUT2D eigenvalue weighted by Crippen LogP contribution is -2.00. The average Bonchev–Trinajstić information content (AvgIpc) is 2.69. The third-order valence-corrected chi connectivity index (χ3v) is 4.40. The van der Waals surface area contributed by atoms with E-state index in [0.717, 1.165) is 36.0 Å². The Morgan fingerprint density at radius 3 is 2.30 bits per heavy atom. The molecule has 0 saturated carbocycles. The lowest BCUT2D eigenvalue weighted by molar-refractivity contribution is 0.0697. The van der Waals surface area contributed by atoms with Gasteiger partial charge in [0, 0.05) is 6.07 Å². The number of rotatable bonds is 8. The molecular formula is C23H22O4. The fourth-order valence-corrected chi connectivity index (χ4v) is 2.92. The van der Waals surface area contributed by atoms with E-state index in [-0.39, 0.29) is 5.75 Å². The minimum absolute atomic E-state index is 0.186. The van der Waals surface area contributed by atoms with E-state index in [0.29, 0.717) is 17.9 Å². The minimum Gasteiger partial charge on any atom is -0.508 e. The van der Waals surface area contributed by atoms with Crippen molar-refractivity contribution in [2.45, 2.75) is 25.9 Å². The molecule has 3 aromatic rings. The molecule has 4 nitrogen and oxygen atoms in total. The number of carboxylic acids is 1. The van der Waals surface area contributed by atoms with Crippen LogP contribution in [-0.4, -0.2) is 16.2 Å². The van der Waals surface area contributed by atoms with Crippen LogP contribution in [0.2, 0.25) is 0 Å². The molecule has 4 heteroatoms. The molecule has 0 spiro atoms. The molecule has 0 heterocycles. The second kappa shape index (κ2) is 8.90. The number of phenolic OH excluding ortho intramolecular Hbond substituents is 1. The van der Waals surface area contributed by atoms with Gasteiger partial charge in [0.1, 0.15) is 18.1 Å². The van der Waals surface area contributed by atoms with Gasteiger partial charge in [0.05, 0.1) is 5.56 Å². The van der Waals surface area contributed by atoms with Crippen molar-refractivity contribution in [1.29, 1.82) is 0 Å². The largest absolute Gasteiger partial charge is 0.508 e. The maximum Gasteiger partial charge on any atom is 0.335 e. The summed E-state index contributed by atoms with van der Waals surface area (Å²) in [7, 11) is 0. The van der Waals surface area contributed by atoms with Gasteiger partial charge in [0.25, 0.3) is 0 Å². The molecule has 138 valence electrons. The lowest BCUT2D eigenvalue weighted by Gasteiger charge is -2.12. The molecule has 0 aliphatic rings. The van der Waals surface area contributed by atoms with E-state index >= 15 is 0 Å². The molecule has 0 aromatic heterocycles. The van der Waals surface area contributed by atoms with Gasteiger partial charge < -0.3 is 14.9 Å². The Balaban J connectivity index is 1.60. The third kappa shape index (κ3) is 5.35.